The maximum absolute atomic E-state index is 13.0. The Morgan fingerprint density at radius 2 is 1.93 bits per heavy atom. The number of nitrogens with zero attached hydrogens (tertiary/aromatic N) is 2. The molecule has 0 spiro atoms. The van der Waals surface area contributed by atoms with Gasteiger partial charge >= 0.3 is 0 Å². The number of sulfone groups is 1. The first-order chi connectivity index (χ1) is 13.8. The van der Waals surface area contributed by atoms with Crippen LogP contribution in [0.3, 0.4) is 0 Å². The van der Waals surface area contributed by atoms with E-state index < -0.39 is 15.8 Å². The van der Waals surface area contributed by atoms with Crippen molar-refractivity contribution in [3.8, 4) is 0 Å². The average Bonchev–Trinajstić information content (AvgIpc) is 3.37. The zero-order valence-corrected chi connectivity index (χ0v) is 17.2. The Bertz CT molecular complexity index is 1020. The summed E-state index contributed by atoms with van der Waals surface area (Å²) >= 11 is 0. The molecule has 2 aromatic rings. The summed E-state index contributed by atoms with van der Waals surface area (Å²) in [5.74, 6) is 0.214. The zero-order chi connectivity index (χ0) is 20.6. The van der Waals surface area contributed by atoms with Crippen molar-refractivity contribution in [1.82, 2.24) is 9.78 Å². The van der Waals surface area contributed by atoms with Crippen LogP contribution >= 0.6 is 0 Å². The van der Waals surface area contributed by atoms with E-state index in [0.717, 1.165) is 24.8 Å². The fraction of sp³-hybridized carbons (Fsp3) is 0.476. The third-order valence-electron chi connectivity index (χ3n) is 5.77. The number of carbonyl (C=O) groups is 2. The SMILES string of the molecule is Cn1ccc(NC(=O)C(CC2CCC(=O)C2)c2ccc(S(=O)(=O)C3CC3)cc2)n1. The number of rotatable bonds is 7. The molecule has 0 bridgehead atoms. The number of hydrogen-bond donors (Lipinski definition) is 1. The minimum atomic E-state index is -3.26. The lowest BCUT2D eigenvalue weighted by Gasteiger charge is -2.20. The quantitative estimate of drug-likeness (QED) is 0.750. The molecule has 1 aromatic heterocycles. The number of anilines is 1. The molecule has 2 fully saturated rings. The van der Waals surface area contributed by atoms with Crippen molar-refractivity contribution in [2.24, 2.45) is 13.0 Å². The molecule has 0 aliphatic heterocycles. The standard InChI is InChI=1S/C21H25N3O4S/c1-24-11-10-20(23-24)22-21(26)19(13-14-2-5-16(25)12-14)15-3-6-17(7-4-15)29(27,28)18-8-9-18/h3-4,6-7,10-11,14,18-19H,2,5,8-9,12-13H2,1H3,(H,22,23,26). The Kier molecular flexibility index (Phi) is 5.29. The van der Waals surface area contributed by atoms with Crippen molar-refractivity contribution in [3.63, 3.8) is 0 Å². The van der Waals surface area contributed by atoms with E-state index in [1.54, 1.807) is 48.3 Å². The normalized spacial score (nSPS) is 20.6. The monoisotopic (exact) mass is 415 g/mol. The summed E-state index contributed by atoms with van der Waals surface area (Å²) in [4.78, 5) is 25.0. The van der Waals surface area contributed by atoms with E-state index in [0.29, 0.717) is 30.0 Å². The number of aryl methyl sites for hydroxylation is 1. The van der Waals surface area contributed by atoms with E-state index in [-0.39, 0.29) is 22.9 Å². The van der Waals surface area contributed by atoms with Crippen LogP contribution in [-0.2, 0) is 26.5 Å². The summed E-state index contributed by atoms with van der Waals surface area (Å²) in [5, 5.41) is 6.78. The van der Waals surface area contributed by atoms with Crippen LogP contribution in [0.25, 0.3) is 0 Å². The molecular weight excluding hydrogens is 390 g/mol. The van der Waals surface area contributed by atoms with Gasteiger partial charge in [-0.2, -0.15) is 5.10 Å². The molecular formula is C21H25N3O4S. The van der Waals surface area contributed by atoms with Gasteiger partial charge in [0.25, 0.3) is 0 Å². The molecule has 1 heterocycles. The second-order valence-electron chi connectivity index (χ2n) is 8.11. The molecule has 2 aliphatic rings. The van der Waals surface area contributed by atoms with Gasteiger partial charge in [-0.15, -0.1) is 0 Å². The van der Waals surface area contributed by atoms with Crippen molar-refractivity contribution in [3.05, 3.63) is 42.1 Å². The Hall–Kier alpha value is -2.48. The molecule has 1 amide bonds. The van der Waals surface area contributed by atoms with Crippen LogP contribution in [0.5, 0.6) is 0 Å². The van der Waals surface area contributed by atoms with Gasteiger partial charge in [-0.1, -0.05) is 12.1 Å². The molecule has 154 valence electrons. The minimum absolute atomic E-state index is 0.164. The first-order valence-electron chi connectivity index (χ1n) is 9.99. The Morgan fingerprint density at radius 1 is 1.21 bits per heavy atom. The van der Waals surface area contributed by atoms with Crippen molar-refractivity contribution in [2.45, 2.75) is 54.6 Å². The summed E-state index contributed by atoms with van der Waals surface area (Å²) in [7, 11) is -1.49. The third kappa shape index (κ3) is 4.42. The highest BCUT2D eigenvalue weighted by Gasteiger charge is 2.37. The topological polar surface area (TPSA) is 98.1 Å². The number of nitrogens with one attached hydrogen (secondary N) is 1. The first kappa shape index (κ1) is 19.8. The first-order valence-corrected chi connectivity index (χ1v) is 11.5. The molecule has 29 heavy (non-hydrogen) atoms. The fourth-order valence-corrected chi connectivity index (χ4v) is 5.63. The van der Waals surface area contributed by atoms with Gasteiger partial charge in [-0.25, -0.2) is 8.42 Å². The second-order valence-corrected chi connectivity index (χ2v) is 10.3. The molecule has 2 aliphatic carbocycles. The second kappa shape index (κ2) is 7.74. The molecule has 7 nitrogen and oxygen atoms in total. The lowest BCUT2D eigenvalue weighted by molar-refractivity contribution is -0.119. The number of hydrogen-bond acceptors (Lipinski definition) is 5. The average molecular weight is 416 g/mol. The number of ketones is 1. The van der Waals surface area contributed by atoms with Crippen LogP contribution in [0, 0.1) is 5.92 Å². The summed E-state index contributed by atoms with van der Waals surface area (Å²) in [6, 6.07) is 8.39. The van der Waals surface area contributed by atoms with E-state index in [1.807, 2.05) is 0 Å². The Balaban J connectivity index is 1.56. The molecule has 4 rings (SSSR count). The van der Waals surface area contributed by atoms with Gasteiger partial charge in [0.15, 0.2) is 15.7 Å². The van der Waals surface area contributed by atoms with Crippen molar-refractivity contribution >= 4 is 27.3 Å². The lowest BCUT2D eigenvalue weighted by atomic mass is 9.87. The molecule has 1 N–H and O–H groups in total. The predicted molar refractivity (Wildman–Crippen MR) is 108 cm³/mol. The Morgan fingerprint density at radius 3 is 2.48 bits per heavy atom. The van der Waals surface area contributed by atoms with Crippen molar-refractivity contribution in [1.29, 1.82) is 0 Å². The van der Waals surface area contributed by atoms with Crippen LogP contribution in [-0.4, -0.2) is 35.1 Å². The van der Waals surface area contributed by atoms with Gasteiger partial charge in [0.1, 0.15) is 5.78 Å². The summed E-state index contributed by atoms with van der Waals surface area (Å²) in [5.41, 5.74) is 0.757. The van der Waals surface area contributed by atoms with E-state index in [1.165, 1.54) is 0 Å². The van der Waals surface area contributed by atoms with Gasteiger partial charge in [0.2, 0.25) is 5.91 Å². The van der Waals surface area contributed by atoms with Crippen LogP contribution in [0.2, 0.25) is 0 Å². The molecule has 2 saturated carbocycles. The number of aromatic nitrogens is 2. The van der Waals surface area contributed by atoms with Gasteiger partial charge in [-0.05, 0) is 49.3 Å². The number of benzene rings is 1. The van der Waals surface area contributed by atoms with Gasteiger partial charge < -0.3 is 5.32 Å². The summed E-state index contributed by atoms with van der Waals surface area (Å²) < 4.78 is 26.5. The third-order valence-corrected chi connectivity index (χ3v) is 8.05. The summed E-state index contributed by atoms with van der Waals surface area (Å²) in [6.45, 7) is 0. The predicted octanol–water partition coefficient (Wildman–Crippen LogP) is 2.84. The molecule has 0 radical (unpaired) electrons. The lowest BCUT2D eigenvalue weighted by Crippen LogP contribution is -2.23. The van der Waals surface area contributed by atoms with Gasteiger partial charge in [0.05, 0.1) is 16.1 Å². The maximum atomic E-state index is 13.0. The maximum Gasteiger partial charge on any atom is 0.233 e. The molecule has 2 unspecified atom stereocenters. The largest absolute Gasteiger partial charge is 0.309 e. The number of Topliss-reactive ketones (excluding diaryl/α,β-unsaturated/α-hetero) is 1. The number of carbonyl (C=O) groups excluding carboxylic acids is 2. The zero-order valence-electron chi connectivity index (χ0n) is 16.4. The highest BCUT2D eigenvalue weighted by Crippen LogP contribution is 2.36. The van der Waals surface area contributed by atoms with E-state index in [2.05, 4.69) is 10.4 Å². The van der Waals surface area contributed by atoms with Gasteiger partial charge in [-0.3, -0.25) is 14.3 Å². The molecule has 2 atom stereocenters. The highest BCUT2D eigenvalue weighted by atomic mass is 32.2. The van der Waals surface area contributed by atoms with Crippen LogP contribution < -0.4 is 5.32 Å². The van der Waals surface area contributed by atoms with E-state index in [9.17, 15) is 18.0 Å². The van der Waals surface area contributed by atoms with Crippen molar-refractivity contribution < 1.29 is 18.0 Å². The molecule has 1 aromatic carbocycles. The fourth-order valence-electron chi connectivity index (χ4n) is 3.98. The number of amides is 1. The van der Waals surface area contributed by atoms with Crippen LogP contribution in [0.1, 0.15) is 50.0 Å². The minimum Gasteiger partial charge on any atom is -0.309 e. The smallest absolute Gasteiger partial charge is 0.233 e. The highest BCUT2D eigenvalue weighted by molar-refractivity contribution is 7.92. The van der Waals surface area contributed by atoms with Gasteiger partial charge in [0, 0.05) is 32.2 Å². The molecule has 8 heteroatoms. The van der Waals surface area contributed by atoms with Crippen LogP contribution in [0.15, 0.2) is 41.4 Å². The van der Waals surface area contributed by atoms with E-state index >= 15 is 0 Å². The van der Waals surface area contributed by atoms with E-state index in [4.69, 9.17) is 0 Å². The van der Waals surface area contributed by atoms with Crippen LogP contribution in [0.4, 0.5) is 5.82 Å². The Labute approximate surface area is 170 Å². The van der Waals surface area contributed by atoms with Crippen molar-refractivity contribution in [2.75, 3.05) is 5.32 Å². The summed E-state index contributed by atoms with van der Waals surface area (Å²) in [6.07, 6.45) is 5.60. The molecule has 0 saturated heterocycles.